The summed E-state index contributed by atoms with van der Waals surface area (Å²) < 4.78 is 11.9. The summed E-state index contributed by atoms with van der Waals surface area (Å²) in [7, 11) is 3.13. The second kappa shape index (κ2) is 10.5. The summed E-state index contributed by atoms with van der Waals surface area (Å²) in [6, 6.07) is 27.3. The van der Waals surface area contributed by atoms with Gasteiger partial charge in [-0.3, -0.25) is 9.59 Å². The average molecular weight is 456 g/mol. The number of methoxy groups -OCH3 is 2. The second-order valence-electron chi connectivity index (χ2n) is 7.60. The number of aromatic nitrogens is 2. The second-order valence-corrected chi connectivity index (χ2v) is 7.60. The van der Waals surface area contributed by atoms with Gasteiger partial charge in [0, 0.05) is 11.6 Å². The van der Waals surface area contributed by atoms with Gasteiger partial charge >= 0.3 is 0 Å². The summed E-state index contributed by atoms with van der Waals surface area (Å²) in [6.07, 6.45) is 0. The fourth-order valence-electron chi connectivity index (χ4n) is 3.71. The molecule has 0 bridgehead atoms. The molecule has 0 aliphatic rings. The van der Waals surface area contributed by atoms with Crippen LogP contribution in [0.5, 0.6) is 11.5 Å². The van der Waals surface area contributed by atoms with Crippen LogP contribution in [0.1, 0.15) is 17.2 Å². The van der Waals surface area contributed by atoms with Crippen molar-refractivity contribution in [1.29, 1.82) is 0 Å². The maximum Gasteiger partial charge on any atom is 0.267 e. The maximum absolute atomic E-state index is 13.0. The van der Waals surface area contributed by atoms with Gasteiger partial charge in [-0.1, -0.05) is 60.7 Å². The van der Waals surface area contributed by atoms with Crippen molar-refractivity contribution in [2.24, 2.45) is 0 Å². The molecule has 1 amide bonds. The predicted molar refractivity (Wildman–Crippen MR) is 130 cm³/mol. The third-order valence-corrected chi connectivity index (χ3v) is 5.41. The van der Waals surface area contributed by atoms with Crippen molar-refractivity contribution in [3.05, 3.63) is 112 Å². The zero-order valence-electron chi connectivity index (χ0n) is 19.0. The molecule has 3 aromatic carbocycles. The van der Waals surface area contributed by atoms with Crippen LogP contribution in [0.15, 0.2) is 95.8 Å². The van der Waals surface area contributed by atoms with Crippen molar-refractivity contribution >= 4 is 5.91 Å². The van der Waals surface area contributed by atoms with Gasteiger partial charge in [-0.05, 0) is 35.4 Å². The molecule has 1 heterocycles. The molecule has 0 saturated heterocycles. The van der Waals surface area contributed by atoms with Gasteiger partial charge in [-0.25, -0.2) is 4.68 Å². The molecule has 172 valence electrons. The Morgan fingerprint density at radius 1 is 0.882 bits per heavy atom. The molecule has 0 aliphatic heterocycles. The smallest absolute Gasteiger partial charge is 0.267 e. The number of amides is 1. The van der Waals surface area contributed by atoms with Crippen molar-refractivity contribution < 1.29 is 14.3 Å². The lowest BCUT2D eigenvalue weighted by Gasteiger charge is -2.20. The number of carbonyl (C=O) groups excluding carboxylic acids is 1. The van der Waals surface area contributed by atoms with Crippen LogP contribution in [0.3, 0.4) is 0 Å². The van der Waals surface area contributed by atoms with Gasteiger partial charge in [-0.2, -0.15) is 5.10 Å². The van der Waals surface area contributed by atoms with E-state index in [1.54, 1.807) is 38.5 Å². The number of nitrogens with zero attached hydrogens (tertiary/aromatic N) is 2. The van der Waals surface area contributed by atoms with E-state index in [4.69, 9.17) is 9.47 Å². The largest absolute Gasteiger partial charge is 0.497 e. The number of benzene rings is 3. The minimum atomic E-state index is -0.378. The van der Waals surface area contributed by atoms with E-state index in [-0.39, 0.29) is 24.1 Å². The molecule has 4 aromatic rings. The van der Waals surface area contributed by atoms with Crippen molar-refractivity contribution in [1.82, 2.24) is 15.1 Å². The summed E-state index contributed by atoms with van der Waals surface area (Å²) in [5.74, 6) is 0.875. The molecule has 0 unspecified atom stereocenters. The Balaban J connectivity index is 1.61. The van der Waals surface area contributed by atoms with Gasteiger partial charge in [0.1, 0.15) is 18.0 Å². The minimum absolute atomic E-state index is 0.227. The van der Waals surface area contributed by atoms with Crippen LogP contribution in [-0.2, 0) is 11.3 Å². The molecular weight excluding hydrogens is 430 g/mol. The summed E-state index contributed by atoms with van der Waals surface area (Å²) in [6.45, 7) is -0.227. The molecule has 34 heavy (non-hydrogen) atoms. The monoisotopic (exact) mass is 455 g/mol. The van der Waals surface area contributed by atoms with Crippen LogP contribution in [-0.4, -0.2) is 29.9 Å². The van der Waals surface area contributed by atoms with Gasteiger partial charge in [0.15, 0.2) is 0 Å². The van der Waals surface area contributed by atoms with Crippen LogP contribution in [0.25, 0.3) is 11.3 Å². The van der Waals surface area contributed by atoms with E-state index in [1.165, 1.54) is 6.07 Å². The predicted octanol–water partition coefficient (Wildman–Crippen LogP) is 3.83. The Bertz CT molecular complexity index is 1280. The molecule has 0 radical (unpaired) electrons. The lowest BCUT2D eigenvalue weighted by Crippen LogP contribution is -2.36. The molecule has 0 fully saturated rings. The molecule has 1 aromatic heterocycles. The average Bonchev–Trinajstić information content (AvgIpc) is 2.89. The summed E-state index contributed by atoms with van der Waals surface area (Å²) in [4.78, 5) is 25.5. The van der Waals surface area contributed by atoms with Crippen molar-refractivity contribution in [3.8, 4) is 22.8 Å². The van der Waals surface area contributed by atoms with Crippen molar-refractivity contribution in [2.45, 2.75) is 12.6 Å². The van der Waals surface area contributed by atoms with Crippen LogP contribution in [0.4, 0.5) is 0 Å². The van der Waals surface area contributed by atoms with Crippen LogP contribution in [0.2, 0.25) is 0 Å². The summed E-state index contributed by atoms with van der Waals surface area (Å²) in [5, 5.41) is 7.47. The van der Waals surface area contributed by atoms with Crippen LogP contribution >= 0.6 is 0 Å². The highest BCUT2D eigenvalue weighted by molar-refractivity contribution is 5.77. The van der Waals surface area contributed by atoms with E-state index >= 15 is 0 Å². The van der Waals surface area contributed by atoms with Gasteiger partial charge in [0.05, 0.1) is 26.0 Å². The molecule has 1 N–H and O–H groups in total. The lowest BCUT2D eigenvalue weighted by molar-refractivity contribution is -0.122. The Labute approximate surface area is 197 Å². The minimum Gasteiger partial charge on any atom is -0.497 e. The Kier molecular flexibility index (Phi) is 7.03. The number of rotatable bonds is 8. The fraction of sp³-hybridized carbons (Fsp3) is 0.148. The third kappa shape index (κ3) is 5.15. The first-order chi connectivity index (χ1) is 16.6. The van der Waals surface area contributed by atoms with E-state index in [9.17, 15) is 9.59 Å². The molecule has 0 saturated carbocycles. The van der Waals surface area contributed by atoms with E-state index in [0.29, 0.717) is 22.8 Å². The number of nitrogens with one attached hydrogen (secondary N) is 1. The Hall–Kier alpha value is -4.39. The van der Waals surface area contributed by atoms with E-state index < -0.39 is 0 Å². The van der Waals surface area contributed by atoms with Gasteiger partial charge in [0.25, 0.3) is 5.56 Å². The topological polar surface area (TPSA) is 82.5 Å². The van der Waals surface area contributed by atoms with Crippen molar-refractivity contribution in [3.63, 3.8) is 0 Å². The highest BCUT2D eigenvalue weighted by Gasteiger charge is 2.18. The first-order valence-corrected chi connectivity index (χ1v) is 10.8. The molecule has 7 heteroatoms. The highest BCUT2D eigenvalue weighted by atomic mass is 16.5. The van der Waals surface area contributed by atoms with E-state index in [0.717, 1.165) is 15.8 Å². The quantitative estimate of drug-likeness (QED) is 0.437. The third-order valence-electron chi connectivity index (χ3n) is 5.41. The fourth-order valence-corrected chi connectivity index (χ4v) is 3.71. The standard InChI is InChI=1S/C27H25N3O4/c1-33-21-13-15-24(34-2)22(17-21)23-14-16-26(32)30(29-23)18-25(31)28-27(19-9-5-3-6-10-19)20-11-7-4-8-12-20/h3-17,27H,18H2,1-2H3,(H,28,31). The van der Waals surface area contributed by atoms with E-state index in [2.05, 4.69) is 10.4 Å². The van der Waals surface area contributed by atoms with Crippen molar-refractivity contribution in [2.75, 3.05) is 14.2 Å². The Morgan fingerprint density at radius 2 is 1.53 bits per heavy atom. The molecular formula is C27H25N3O4. The number of hydrogen-bond acceptors (Lipinski definition) is 5. The first-order valence-electron chi connectivity index (χ1n) is 10.8. The van der Waals surface area contributed by atoms with Gasteiger partial charge < -0.3 is 14.8 Å². The molecule has 0 atom stereocenters. The SMILES string of the molecule is COc1ccc(OC)c(-c2ccc(=O)n(CC(=O)NC(c3ccccc3)c3ccccc3)n2)c1. The van der Waals surface area contributed by atoms with Crippen LogP contribution in [0, 0.1) is 0 Å². The summed E-state index contributed by atoms with van der Waals surface area (Å²) >= 11 is 0. The zero-order valence-corrected chi connectivity index (χ0v) is 19.0. The zero-order chi connectivity index (χ0) is 23.9. The summed E-state index contributed by atoms with van der Waals surface area (Å²) in [5.41, 5.74) is 2.65. The normalized spacial score (nSPS) is 10.7. The van der Waals surface area contributed by atoms with Crippen LogP contribution < -0.4 is 20.3 Å². The molecule has 7 nitrogen and oxygen atoms in total. The first kappa shape index (κ1) is 22.8. The number of hydrogen-bond donors (Lipinski definition) is 1. The molecule has 0 aliphatic carbocycles. The molecule has 4 rings (SSSR count). The number of ether oxygens (including phenoxy) is 2. The highest BCUT2D eigenvalue weighted by Crippen LogP contribution is 2.31. The van der Waals surface area contributed by atoms with Gasteiger partial charge in [0.2, 0.25) is 5.91 Å². The van der Waals surface area contributed by atoms with Gasteiger partial charge in [-0.15, -0.1) is 0 Å². The molecule has 0 spiro atoms. The number of carbonyl (C=O) groups is 1. The lowest BCUT2D eigenvalue weighted by atomic mass is 9.99. The maximum atomic E-state index is 13.0. The Morgan fingerprint density at radius 3 is 2.12 bits per heavy atom. The van der Waals surface area contributed by atoms with E-state index in [1.807, 2.05) is 60.7 Å².